The highest BCUT2D eigenvalue weighted by Crippen LogP contribution is 2.52. The van der Waals surface area contributed by atoms with Crippen LogP contribution in [-0.4, -0.2) is 65.9 Å². The number of fused-ring (bicyclic) bond motifs is 9. The third-order valence-electron chi connectivity index (χ3n) is 16.6. The second kappa shape index (κ2) is 23.6. The van der Waals surface area contributed by atoms with Crippen LogP contribution in [0.3, 0.4) is 0 Å². The van der Waals surface area contributed by atoms with E-state index in [1.165, 1.54) is 23.8 Å². The minimum atomic E-state index is -1.41. The molecule has 1 fully saturated rings. The minimum Gasteiger partial charge on any atom is -0.482 e. The average molecular weight is 1030 g/mol. The summed E-state index contributed by atoms with van der Waals surface area (Å²) >= 11 is 0. The molecule has 1 saturated carbocycles. The lowest BCUT2D eigenvalue weighted by atomic mass is 9.67. The Balaban J connectivity index is 1.15. The van der Waals surface area contributed by atoms with Gasteiger partial charge in [-0.3, -0.25) is 4.79 Å². The normalized spacial score (nSPS) is 23.4. The number of ether oxygens (including phenoxy) is 4. The summed E-state index contributed by atoms with van der Waals surface area (Å²) in [7, 11) is 1.50. The summed E-state index contributed by atoms with van der Waals surface area (Å²) < 4.78 is 32.9. The molecule has 5 aromatic carbocycles. The Morgan fingerprint density at radius 3 is 2.39 bits per heavy atom. The summed E-state index contributed by atoms with van der Waals surface area (Å²) in [5, 5.41) is 32.2. The second-order valence-corrected chi connectivity index (χ2v) is 21.3. The highest BCUT2D eigenvalue weighted by atomic mass is 16.6. The largest absolute Gasteiger partial charge is 0.482 e. The van der Waals surface area contributed by atoms with Crippen LogP contribution in [-0.2, 0) is 56.1 Å². The summed E-state index contributed by atoms with van der Waals surface area (Å²) in [4.78, 5) is 45.1. The Morgan fingerprint density at radius 1 is 0.842 bits per heavy atom. The molecule has 5 bridgehead atoms. The van der Waals surface area contributed by atoms with Gasteiger partial charge in [-0.1, -0.05) is 115 Å². The molecule has 1 aromatic heterocycles. The average Bonchev–Trinajstić information content (AvgIpc) is 3.42. The molecular weight excluding hydrogens is 957 g/mol. The minimum absolute atomic E-state index is 0.00103. The molecule has 394 valence electrons. The van der Waals surface area contributed by atoms with Crippen molar-refractivity contribution in [3.63, 3.8) is 0 Å². The van der Waals surface area contributed by atoms with Crippen LogP contribution in [0.15, 0.2) is 136 Å². The number of carbonyl (C=O) groups is 2. The lowest BCUT2D eigenvalue weighted by Gasteiger charge is -2.47. The van der Waals surface area contributed by atoms with E-state index in [0.29, 0.717) is 48.6 Å². The van der Waals surface area contributed by atoms with Crippen molar-refractivity contribution >= 4 is 22.9 Å². The fourth-order valence-electron chi connectivity index (χ4n) is 12.7. The molecule has 76 heavy (non-hydrogen) atoms. The summed E-state index contributed by atoms with van der Waals surface area (Å²) in [6.07, 6.45) is 3.62. The van der Waals surface area contributed by atoms with E-state index in [9.17, 15) is 20.1 Å². The molecule has 0 amide bonds. The van der Waals surface area contributed by atoms with Gasteiger partial charge >= 0.3 is 17.6 Å². The third-order valence-corrected chi connectivity index (χ3v) is 16.6. The van der Waals surface area contributed by atoms with Crippen LogP contribution in [0.5, 0.6) is 5.75 Å². The highest BCUT2D eigenvalue weighted by Gasteiger charge is 2.55. The molecule has 7 unspecified atom stereocenters. The molecule has 4 aliphatic rings. The van der Waals surface area contributed by atoms with Gasteiger partial charge in [-0.15, -0.1) is 0 Å². The lowest BCUT2D eigenvalue weighted by molar-refractivity contribution is -0.194. The molecule has 7 atom stereocenters. The van der Waals surface area contributed by atoms with Crippen molar-refractivity contribution in [2.24, 2.45) is 5.92 Å². The predicted molar refractivity (Wildman–Crippen MR) is 290 cm³/mol. The van der Waals surface area contributed by atoms with Gasteiger partial charge in [-0.05, 0) is 151 Å². The van der Waals surface area contributed by atoms with Gasteiger partial charge in [0.25, 0.3) is 0 Å². The number of carbonyl (C=O) groups excluding carboxylic acids is 2. The van der Waals surface area contributed by atoms with Gasteiger partial charge in [0.2, 0.25) is 0 Å². The van der Waals surface area contributed by atoms with Gasteiger partial charge in [0, 0.05) is 49.0 Å². The first-order valence-corrected chi connectivity index (χ1v) is 27.1. The van der Waals surface area contributed by atoms with Gasteiger partial charge in [0.05, 0.1) is 31.8 Å². The van der Waals surface area contributed by atoms with Crippen molar-refractivity contribution < 1.29 is 48.3 Å². The van der Waals surface area contributed by atoms with Crippen LogP contribution in [0, 0.1) is 17.8 Å². The molecule has 0 spiro atoms. The topological polar surface area (TPSA) is 162 Å². The summed E-state index contributed by atoms with van der Waals surface area (Å²) in [6.45, 7) is 0.626. The lowest BCUT2D eigenvalue weighted by Crippen LogP contribution is -2.56. The highest BCUT2D eigenvalue weighted by molar-refractivity contribution is 5.90. The first-order chi connectivity index (χ1) is 37.1. The van der Waals surface area contributed by atoms with E-state index in [2.05, 4.69) is 90.7 Å². The number of hydrogen-bond donors (Lipinski definition) is 3. The van der Waals surface area contributed by atoms with Crippen LogP contribution in [0.1, 0.15) is 144 Å². The smallest absolute Gasteiger partial charge is 0.340 e. The van der Waals surface area contributed by atoms with Crippen LogP contribution < -0.4 is 10.4 Å². The van der Waals surface area contributed by atoms with Crippen LogP contribution >= 0.6 is 0 Å². The monoisotopic (exact) mass is 1020 g/mol. The zero-order valence-electron chi connectivity index (χ0n) is 43.6. The van der Waals surface area contributed by atoms with Gasteiger partial charge in [0.1, 0.15) is 11.3 Å². The van der Waals surface area contributed by atoms with E-state index in [1.807, 2.05) is 24.3 Å². The number of benzene rings is 5. The molecule has 3 aliphatic heterocycles. The SMILES string of the molecule is COCC(CCO)c1c(CO)c2ccc3c(c2oc1=O)C1OC(=O)CC2CC(c4cccc(Cc5ccccc5)c4)CCC2c2ccc4cc2CC#CCC(CCCc2ccccc2)(O3)C1OC(=O)C(=C(C)CO)CC4. The molecule has 6 aromatic rings. The number of rotatable bonds is 14. The van der Waals surface area contributed by atoms with E-state index in [4.69, 9.17) is 23.4 Å². The van der Waals surface area contributed by atoms with Crippen molar-refractivity contribution in [3.05, 3.63) is 192 Å². The number of esters is 2. The summed E-state index contributed by atoms with van der Waals surface area (Å²) in [6, 6.07) is 39.4. The van der Waals surface area contributed by atoms with Crippen LogP contribution in [0.4, 0.5) is 0 Å². The maximum absolute atomic E-state index is 15.5. The summed E-state index contributed by atoms with van der Waals surface area (Å²) in [5.41, 5.74) is 7.33. The standard InChI is InChI=1S/C65H68O11/c1-41(38-67)51-24-21-44-22-25-52-48(34-44)19-9-10-30-65(31-12-18-42-13-5-3-6-14-42)62(75-63(51)70)61(59-56(76-65)28-27-54-55(39-68)58(64(71)74-60(54)59)49(29-32-66)40-72-2)73-57(69)37-50-36-47(23-26-53(50)52)46-20-11-17-45(35-46)33-43-15-7-4-8-16-43/h3-8,11,13-17,20,22,25,27-28,34-35,47,49-50,53,61-62,66-68H,12,18-19,21,23-24,26,29-33,36-40H2,1-2H3. The van der Waals surface area contributed by atoms with Gasteiger partial charge in [-0.2, -0.15) is 0 Å². The van der Waals surface area contributed by atoms with Crippen molar-refractivity contribution in [2.75, 3.05) is 26.9 Å². The Kier molecular flexibility index (Phi) is 16.3. The molecule has 1 aliphatic carbocycles. The molecule has 11 heteroatoms. The van der Waals surface area contributed by atoms with Crippen molar-refractivity contribution in [2.45, 2.75) is 133 Å². The second-order valence-electron chi connectivity index (χ2n) is 21.3. The number of aliphatic hydroxyl groups is 3. The van der Waals surface area contributed by atoms with E-state index in [-0.39, 0.29) is 91.3 Å². The van der Waals surface area contributed by atoms with Crippen molar-refractivity contribution in [1.29, 1.82) is 0 Å². The molecule has 10 rings (SSSR count). The molecular formula is C65H68O11. The maximum Gasteiger partial charge on any atom is 0.340 e. The predicted octanol–water partition coefficient (Wildman–Crippen LogP) is 10.6. The first kappa shape index (κ1) is 52.6. The molecule has 11 nitrogen and oxygen atoms in total. The summed E-state index contributed by atoms with van der Waals surface area (Å²) in [5.74, 6) is 5.52. The number of methoxy groups -OCH3 is 1. The van der Waals surface area contributed by atoms with Crippen molar-refractivity contribution in [3.8, 4) is 17.6 Å². The zero-order valence-corrected chi connectivity index (χ0v) is 43.6. The van der Waals surface area contributed by atoms with E-state index < -0.39 is 47.9 Å². The molecule has 0 radical (unpaired) electrons. The van der Waals surface area contributed by atoms with Crippen molar-refractivity contribution in [1.82, 2.24) is 0 Å². The fourth-order valence-corrected chi connectivity index (χ4v) is 12.7. The van der Waals surface area contributed by atoms with E-state index in [0.717, 1.165) is 47.9 Å². The fraction of sp³-hybridized carbons (Fsp3) is 0.400. The van der Waals surface area contributed by atoms with Crippen LogP contribution in [0.2, 0.25) is 0 Å². The Bertz CT molecular complexity index is 3210. The van der Waals surface area contributed by atoms with Gasteiger partial charge < -0.3 is 38.7 Å². The van der Waals surface area contributed by atoms with E-state index >= 15 is 9.59 Å². The Morgan fingerprint density at radius 2 is 1.63 bits per heavy atom. The molecule has 3 N–H and O–H groups in total. The number of aliphatic hydroxyl groups excluding tert-OH is 3. The Labute approximate surface area is 444 Å². The van der Waals surface area contributed by atoms with Crippen LogP contribution in [0.25, 0.3) is 11.0 Å². The Hall–Kier alpha value is -6.81. The quantitative estimate of drug-likeness (QED) is 0.0412. The number of hydrogen-bond acceptors (Lipinski definition) is 11. The third kappa shape index (κ3) is 11.1. The van der Waals surface area contributed by atoms with Gasteiger partial charge in [-0.25, -0.2) is 9.59 Å². The molecule has 4 heterocycles. The van der Waals surface area contributed by atoms with E-state index in [1.54, 1.807) is 19.1 Å². The number of aryl methyl sites for hydroxylation is 2. The zero-order chi connectivity index (χ0) is 52.8. The maximum atomic E-state index is 15.5. The molecule has 0 saturated heterocycles. The first-order valence-electron chi connectivity index (χ1n) is 27.1. The van der Waals surface area contributed by atoms with Gasteiger partial charge in [0.15, 0.2) is 17.8 Å².